The van der Waals surface area contributed by atoms with E-state index in [1.807, 2.05) is 36.4 Å². The fourth-order valence-electron chi connectivity index (χ4n) is 5.32. The van der Waals surface area contributed by atoms with Gasteiger partial charge in [-0.05, 0) is 78.6 Å². The van der Waals surface area contributed by atoms with Crippen LogP contribution in [0.15, 0.2) is 72.8 Å². The molecule has 1 aliphatic rings. The smallest absolute Gasteiger partial charge is 0.348 e. The number of hydrogen-bond acceptors (Lipinski definition) is 6. The van der Waals surface area contributed by atoms with Crippen LogP contribution in [0, 0.1) is 5.92 Å². The van der Waals surface area contributed by atoms with Gasteiger partial charge in [0.15, 0.2) is 5.78 Å². The summed E-state index contributed by atoms with van der Waals surface area (Å²) < 4.78 is 16.5. The van der Waals surface area contributed by atoms with Crippen molar-refractivity contribution in [1.82, 2.24) is 0 Å². The Balaban J connectivity index is 1.37. The predicted molar refractivity (Wildman–Crippen MR) is 160 cm³/mol. The molecule has 212 valence electrons. The molecule has 1 unspecified atom stereocenters. The quantitative estimate of drug-likeness (QED) is 0.138. The summed E-state index contributed by atoms with van der Waals surface area (Å²) in [6, 6.07) is 20.3. The van der Waals surface area contributed by atoms with Gasteiger partial charge >= 0.3 is 5.97 Å². The largest absolute Gasteiger partial charge is 0.497 e. The van der Waals surface area contributed by atoms with E-state index in [0.29, 0.717) is 11.5 Å². The van der Waals surface area contributed by atoms with Gasteiger partial charge in [-0.2, -0.15) is 0 Å². The molecule has 0 spiro atoms. The number of carbonyl (C=O) groups is 2. The van der Waals surface area contributed by atoms with Crippen LogP contribution in [-0.2, 0) is 27.3 Å². The van der Waals surface area contributed by atoms with E-state index in [9.17, 15) is 9.59 Å². The molecule has 1 aliphatic carbocycles. The second-order valence-corrected chi connectivity index (χ2v) is 11.5. The Kier molecular flexibility index (Phi) is 11.1. The molecule has 6 heteroatoms. The van der Waals surface area contributed by atoms with E-state index < -0.39 is 0 Å². The Morgan fingerprint density at radius 2 is 1.73 bits per heavy atom. The summed E-state index contributed by atoms with van der Waals surface area (Å²) in [5, 5.41) is 0. The SMILES string of the molecule is CCCCCC(OCc1ccc(OC)cc1)c1ccc([C@H]2C(=O)C=C[C@@H]2CCCc2ccc(C(=O)OC)s2)cc1. The highest BCUT2D eigenvalue weighted by Gasteiger charge is 2.31. The molecule has 0 saturated carbocycles. The van der Waals surface area contributed by atoms with E-state index in [1.165, 1.54) is 36.2 Å². The van der Waals surface area contributed by atoms with Gasteiger partial charge in [-0.25, -0.2) is 4.79 Å². The van der Waals surface area contributed by atoms with Gasteiger partial charge in [-0.3, -0.25) is 4.79 Å². The average molecular weight is 561 g/mol. The third kappa shape index (κ3) is 7.92. The van der Waals surface area contributed by atoms with Crippen LogP contribution in [0.5, 0.6) is 5.75 Å². The minimum Gasteiger partial charge on any atom is -0.497 e. The molecular weight excluding hydrogens is 520 g/mol. The first-order valence-corrected chi connectivity index (χ1v) is 15.1. The highest BCUT2D eigenvalue weighted by molar-refractivity contribution is 7.13. The topological polar surface area (TPSA) is 61.8 Å². The number of thiophene rings is 1. The molecule has 0 bridgehead atoms. The lowest BCUT2D eigenvalue weighted by Crippen LogP contribution is -2.14. The molecule has 0 aliphatic heterocycles. The predicted octanol–water partition coefficient (Wildman–Crippen LogP) is 8.24. The van der Waals surface area contributed by atoms with Crippen molar-refractivity contribution in [2.45, 2.75) is 70.5 Å². The number of aryl methyl sites for hydroxylation is 1. The van der Waals surface area contributed by atoms with Crippen molar-refractivity contribution in [2.24, 2.45) is 5.92 Å². The summed E-state index contributed by atoms with van der Waals surface area (Å²) in [7, 11) is 3.07. The van der Waals surface area contributed by atoms with Crippen LogP contribution in [0.1, 0.15) is 88.7 Å². The lowest BCUT2D eigenvalue weighted by molar-refractivity contribution is -0.116. The Morgan fingerprint density at radius 1 is 0.950 bits per heavy atom. The molecule has 0 amide bonds. The molecule has 1 aromatic heterocycles. The van der Waals surface area contributed by atoms with E-state index in [4.69, 9.17) is 14.2 Å². The molecule has 1 heterocycles. The number of allylic oxidation sites excluding steroid dienone is 2. The number of methoxy groups -OCH3 is 2. The van der Waals surface area contributed by atoms with Crippen molar-refractivity contribution in [3.63, 3.8) is 0 Å². The van der Waals surface area contributed by atoms with E-state index >= 15 is 0 Å². The summed E-state index contributed by atoms with van der Waals surface area (Å²) >= 11 is 1.48. The van der Waals surface area contributed by atoms with Gasteiger partial charge in [0.2, 0.25) is 0 Å². The lowest BCUT2D eigenvalue weighted by Gasteiger charge is -2.21. The number of esters is 1. The first-order valence-electron chi connectivity index (χ1n) is 14.3. The van der Waals surface area contributed by atoms with Crippen LogP contribution in [0.25, 0.3) is 0 Å². The number of rotatable bonds is 15. The van der Waals surface area contributed by atoms with Gasteiger partial charge < -0.3 is 14.2 Å². The zero-order chi connectivity index (χ0) is 28.3. The van der Waals surface area contributed by atoms with Crippen LogP contribution >= 0.6 is 11.3 Å². The van der Waals surface area contributed by atoms with Crippen molar-refractivity contribution in [1.29, 1.82) is 0 Å². The van der Waals surface area contributed by atoms with Crippen molar-refractivity contribution in [3.05, 3.63) is 99.3 Å². The van der Waals surface area contributed by atoms with Crippen LogP contribution in [0.3, 0.4) is 0 Å². The van der Waals surface area contributed by atoms with Crippen LogP contribution in [-0.4, -0.2) is 26.0 Å². The van der Waals surface area contributed by atoms with E-state index in [2.05, 4.69) is 37.3 Å². The Hall–Kier alpha value is -3.22. The number of ketones is 1. The molecule has 0 radical (unpaired) electrons. The zero-order valence-corrected chi connectivity index (χ0v) is 24.6. The highest BCUT2D eigenvalue weighted by atomic mass is 32.1. The van der Waals surface area contributed by atoms with Gasteiger partial charge in [0.05, 0.1) is 32.8 Å². The second kappa shape index (κ2) is 15.0. The second-order valence-electron chi connectivity index (χ2n) is 10.4. The lowest BCUT2D eigenvalue weighted by atomic mass is 9.84. The number of ether oxygens (including phenoxy) is 3. The minimum absolute atomic E-state index is 0.0107. The molecule has 3 aromatic rings. The fraction of sp³-hybridized carbons (Fsp3) is 0.412. The van der Waals surface area contributed by atoms with Crippen LogP contribution < -0.4 is 4.74 Å². The molecule has 40 heavy (non-hydrogen) atoms. The van der Waals surface area contributed by atoms with Gasteiger partial charge in [0, 0.05) is 4.88 Å². The van der Waals surface area contributed by atoms with Gasteiger partial charge in [-0.15, -0.1) is 11.3 Å². The molecule has 4 rings (SSSR count). The highest BCUT2D eigenvalue weighted by Crippen LogP contribution is 2.37. The molecule has 5 nitrogen and oxygen atoms in total. The first kappa shape index (κ1) is 29.8. The fourth-order valence-corrected chi connectivity index (χ4v) is 6.28. The van der Waals surface area contributed by atoms with Crippen LogP contribution in [0.4, 0.5) is 0 Å². The third-order valence-electron chi connectivity index (χ3n) is 7.60. The summed E-state index contributed by atoms with van der Waals surface area (Å²) in [6.07, 6.45) is 11.0. The maximum Gasteiger partial charge on any atom is 0.348 e. The van der Waals surface area contributed by atoms with E-state index in [-0.39, 0.29) is 29.7 Å². The van der Waals surface area contributed by atoms with Crippen molar-refractivity contribution < 1.29 is 23.8 Å². The summed E-state index contributed by atoms with van der Waals surface area (Å²) in [4.78, 5) is 26.4. The van der Waals surface area contributed by atoms with Crippen LogP contribution in [0.2, 0.25) is 0 Å². The Labute approximate surface area is 242 Å². The summed E-state index contributed by atoms with van der Waals surface area (Å²) in [5.41, 5.74) is 3.34. The van der Waals surface area contributed by atoms with E-state index in [0.717, 1.165) is 54.5 Å². The molecule has 0 fully saturated rings. The van der Waals surface area contributed by atoms with Gasteiger partial charge in [-0.1, -0.05) is 68.7 Å². The van der Waals surface area contributed by atoms with Gasteiger partial charge in [0.25, 0.3) is 0 Å². The average Bonchev–Trinajstić information content (AvgIpc) is 3.61. The molecule has 2 aromatic carbocycles. The molecule has 0 N–H and O–H groups in total. The summed E-state index contributed by atoms with van der Waals surface area (Å²) in [6.45, 7) is 2.76. The molecule has 3 atom stereocenters. The number of hydrogen-bond donors (Lipinski definition) is 0. The molecular formula is C34H40O5S. The monoisotopic (exact) mass is 560 g/mol. The number of carbonyl (C=O) groups excluding carboxylic acids is 2. The summed E-state index contributed by atoms with van der Waals surface area (Å²) in [5.74, 6) is 0.777. The standard InChI is InChI=1S/C34H40O5S/c1-4-5-6-10-31(39-23-24-11-18-28(37-2)19-12-24)25-13-15-27(16-14-25)33-26(17-21-30(33)35)8-7-9-29-20-22-32(40-29)34(36)38-3/h11-22,26,31,33H,4-10,23H2,1-3H3/t26-,31?,33-/m0/s1. The van der Waals surface area contributed by atoms with Crippen molar-refractivity contribution in [2.75, 3.05) is 14.2 Å². The van der Waals surface area contributed by atoms with Gasteiger partial charge in [0.1, 0.15) is 10.6 Å². The van der Waals surface area contributed by atoms with Crippen molar-refractivity contribution in [3.8, 4) is 5.75 Å². The number of unbranched alkanes of at least 4 members (excludes halogenated alkanes) is 2. The van der Waals surface area contributed by atoms with Crippen molar-refractivity contribution >= 4 is 23.1 Å². The third-order valence-corrected chi connectivity index (χ3v) is 8.72. The normalized spacial score (nSPS) is 17.2. The Morgan fingerprint density at radius 3 is 2.42 bits per heavy atom. The Bertz CT molecular complexity index is 1260. The zero-order valence-electron chi connectivity index (χ0n) is 23.8. The first-order chi connectivity index (χ1) is 19.5. The van der Waals surface area contributed by atoms with E-state index in [1.54, 1.807) is 13.2 Å². The molecule has 0 saturated heterocycles. The maximum atomic E-state index is 12.9. The minimum atomic E-state index is -0.289. The number of benzene rings is 2. The maximum absolute atomic E-state index is 12.9.